The van der Waals surface area contributed by atoms with E-state index in [0.29, 0.717) is 11.1 Å². The fourth-order valence-corrected chi connectivity index (χ4v) is 1.14. The van der Waals surface area contributed by atoms with Gasteiger partial charge >= 0.3 is 5.97 Å². The van der Waals surface area contributed by atoms with E-state index >= 15 is 0 Å². The van der Waals surface area contributed by atoms with Gasteiger partial charge in [0.05, 0.1) is 7.11 Å². The van der Waals surface area contributed by atoms with Crippen molar-refractivity contribution in [1.82, 2.24) is 0 Å². The van der Waals surface area contributed by atoms with Crippen LogP contribution in [0.2, 0.25) is 0 Å². The largest absolute Gasteiger partial charge is 0.466 e. The highest BCUT2D eigenvalue weighted by atomic mass is 19.1. The maximum absolute atomic E-state index is 12.8. The van der Waals surface area contributed by atoms with Crippen molar-refractivity contribution >= 4 is 12.0 Å². The lowest BCUT2D eigenvalue weighted by Crippen LogP contribution is -2.00. The summed E-state index contributed by atoms with van der Waals surface area (Å²) in [5.74, 6) is -0.798. The first-order valence-electron chi connectivity index (χ1n) is 4.42. The van der Waals surface area contributed by atoms with E-state index in [4.69, 9.17) is 5.73 Å². The van der Waals surface area contributed by atoms with Crippen LogP contribution in [0, 0.1) is 5.82 Å². The van der Waals surface area contributed by atoms with Gasteiger partial charge in [-0.15, -0.1) is 0 Å². The average molecular weight is 209 g/mol. The van der Waals surface area contributed by atoms with Crippen LogP contribution in [0.15, 0.2) is 24.3 Å². The maximum Gasteiger partial charge on any atom is 0.330 e. The SMILES string of the molecule is COC(=O)C=Cc1ccc(F)cc1CN. The van der Waals surface area contributed by atoms with Crippen molar-refractivity contribution in [2.45, 2.75) is 6.54 Å². The molecule has 2 N–H and O–H groups in total. The number of nitrogens with two attached hydrogens (primary N) is 1. The van der Waals surface area contributed by atoms with Gasteiger partial charge in [0, 0.05) is 12.6 Å². The predicted molar refractivity (Wildman–Crippen MR) is 55.3 cm³/mol. The van der Waals surface area contributed by atoms with Gasteiger partial charge in [0.2, 0.25) is 0 Å². The minimum atomic E-state index is -0.456. The molecule has 0 fully saturated rings. The predicted octanol–water partition coefficient (Wildman–Crippen LogP) is 1.47. The Morgan fingerprint density at radius 3 is 2.93 bits per heavy atom. The summed E-state index contributed by atoms with van der Waals surface area (Å²) in [7, 11) is 1.29. The molecule has 80 valence electrons. The highest BCUT2D eigenvalue weighted by Crippen LogP contribution is 2.12. The molecule has 0 unspecified atom stereocenters. The lowest BCUT2D eigenvalue weighted by Gasteiger charge is -2.02. The third-order valence-corrected chi connectivity index (χ3v) is 1.93. The van der Waals surface area contributed by atoms with Crippen molar-refractivity contribution < 1.29 is 13.9 Å². The fraction of sp³-hybridized carbons (Fsp3) is 0.182. The van der Waals surface area contributed by atoms with Crippen LogP contribution in [0.4, 0.5) is 4.39 Å². The zero-order chi connectivity index (χ0) is 11.3. The summed E-state index contributed by atoms with van der Waals surface area (Å²) in [5.41, 5.74) is 6.80. The van der Waals surface area contributed by atoms with E-state index in [9.17, 15) is 9.18 Å². The molecular formula is C11H12FNO2. The summed E-state index contributed by atoms with van der Waals surface area (Å²) in [5, 5.41) is 0. The Morgan fingerprint density at radius 2 is 2.33 bits per heavy atom. The summed E-state index contributed by atoms with van der Waals surface area (Å²) in [6, 6.07) is 4.23. The number of esters is 1. The van der Waals surface area contributed by atoms with Gasteiger partial charge in [0.25, 0.3) is 0 Å². The Hall–Kier alpha value is -1.68. The van der Waals surface area contributed by atoms with Crippen molar-refractivity contribution in [2.24, 2.45) is 5.73 Å². The number of ether oxygens (including phenoxy) is 1. The van der Waals surface area contributed by atoms with Gasteiger partial charge in [-0.05, 0) is 29.3 Å². The molecule has 1 aromatic carbocycles. The van der Waals surface area contributed by atoms with E-state index in [1.54, 1.807) is 12.1 Å². The molecule has 0 radical (unpaired) electrons. The lowest BCUT2D eigenvalue weighted by molar-refractivity contribution is -0.134. The van der Waals surface area contributed by atoms with Crippen LogP contribution in [0.1, 0.15) is 11.1 Å². The van der Waals surface area contributed by atoms with Gasteiger partial charge in [-0.3, -0.25) is 0 Å². The first-order valence-corrected chi connectivity index (χ1v) is 4.42. The molecule has 3 nitrogen and oxygen atoms in total. The third kappa shape index (κ3) is 3.18. The zero-order valence-corrected chi connectivity index (χ0v) is 8.37. The molecule has 15 heavy (non-hydrogen) atoms. The Balaban J connectivity index is 2.94. The molecule has 0 aliphatic rings. The Bertz CT molecular complexity index is 388. The maximum atomic E-state index is 12.8. The number of hydrogen-bond acceptors (Lipinski definition) is 3. The van der Waals surface area contributed by atoms with Crippen LogP contribution in [0.5, 0.6) is 0 Å². The average Bonchev–Trinajstić information content (AvgIpc) is 2.26. The van der Waals surface area contributed by atoms with Gasteiger partial charge in [-0.2, -0.15) is 0 Å². The van der Waals surface area contributed by atoms with Crippen molar-refractivity contribution in [1.29, 1.82) is 0 Å². The second-order valence-electron chi connectivity index (χ2n) is 2.90. The summed E-state index contributed by atoms with van der Waals surface area (Å²) in [6.45, 7) is 0.221. The molecule has 0 saturated carbocycles. The number of halogens is 1. The standard InChI is InChI=1S/C11H12FNO2/c1-15-11(14)5-3-8-2-4-10(12)6-9(8)7-13/h2-6H,7,13H2,1H3. The number of rotatable bonds is 3. The second kappa shape index (κ2) is 5.26. The minimum absolute atomic E-state index is 0.221. The highest BCUT2D eigenvalue weighted by molar-refractivity contribution is 5.87. The van der Waals surface area contributed by atoms with Crippen molar-refractivity contribution in [3.63, 3.8) is 0 Å². The molecule has 1 rings (SSSR count). The van der Waals surface area contributed by atoms with Gasteiger partial charge < -0.3 is 10.5 Å². The molecule has 1 aromatic rings. The van der Waals surface area contributed by atoms with Gasteiger partial charge in [0.15, 0.2) is 0 Å². The fourth-order valence-electron chi connectivity index (χ4n) is 1.14. The number of carbonyl (C=O) groups excluding carboxylic acids is 1. The molecule has 0 saturated heterocycles. The van der Waals surface area contributed by atoms with Gasteiger partial charge in [-0.25, -0.2) is 9.18 Å². The summed E-state index contributed by atoms with van der Waals surface area (Å²) >= 11 is 0. The van der Waals surface area contributed by atoms with Crippen LogP contribution in [0.3, 0.4) is 0 Å². The molecule has 0 amide bonds. The van der Waals surface area contributed by atoms with Crippen LogP contribution < -0.4 is 5.73 Å². The van der Waals surface area contributed by atoms with Gasteiger partial charge in [-0.1, -0.05) is 6.07 Å². The summed E-state index contributed by atoms with van der Waals surface area (Å²) < 4.78 is 17.3. The van der Waals surface area contributed by atoms with Crippen molar-refractivity contribution in [3.8, 4) is 0 Å². The first-order chi connectivity index (χ1) is 7.17. The molecule has 0 spiro atoms. The molecule has 0 heterocycles. The number of benzene rings is 1. The van der Waals surface area contributed by atoms with Crippen LogP contribution >= 0.6 is 0 Å². The number of hydrogen-bond donors (Lipinski definition) is 1. The van der Waals surface area contributed by atoms with Crippen LogP contribution in [-0.4, -0.2) is 13.1 Å². The van der Waals surface area contributed by atoms with E-state index in [1.807, 2.05) is 0 Å². The monoisotopic (exact) mass is 209 g/mol. The van der Waals surface area contributed by atoms with Gasteiger partial charge in [0.1, 0.15) is 5.82 Å². The quantitative estimate of drug-likeness (QED) is 0.605. The summed E-state index contributed by atoms with van der Waals surface area (Å²) in [4.78, 5) is 10.8. The van der Waals surface area contributed by atoms with Crippen molar-refractivity contribution in [2.75, 3.05) is 7.11 Å². The minimum Gasteiger partial charge on any atom is -0.466 e. The van der Waals surface area contributed by atoms with E-state index in [1.165, 1.54) is 25.3 Å². The molecule has 0 atom stereocenters. The number of methoxy groups -OCH3 is 1. The Labute approximate surface area is 87.3 Å². The molecule has 0 aliphatic carbocycles. The Kier molecular flexibility index (Phi) is 4.00. The molecule has 0 aromatic heterocycles. The highest BCUT2D eigenvalue weighted by Gasteiger charge is 2.00. The smallest absolute Gasteiger partial charge is 0.330 e. The van der Waals surface area contributed by atoms with E-state index < -0.39 is 5.97 Å². The topological polar surface area (TPSA) is 52.3 Å². The van der Waals surface area contributed by atoms with E-state index in [2.05, 4.69) is 4.74 Å². The van der Waals surface area contributed by atoms with Crippen LogP contribution in [0.25, 0.3) is 6.08 Å². The van der Waals surface area contributed by atoms with Crippen LogP contribution in [-0.2, 0) is 16.1 Å². The van der Waals surface area contributed by atoms with E-state index in [0.717, 1.165) is 0 Å². The lowest BCUT2D eigenvalue weighted by atomic mass is 10.1. The van der Waals surface area contributed by atoms with Crippen molar-refractivity contribution in [3.05, 3.63) is 41.2 Å². The first kappa shape index (κ1) is 11.4. The number of carbonyl (C=O) groups is 1. The summed E-state index contributed by atoms with van der Waals surface area (Å²) in [6.07, 6.45) is 2.82. The van der Waals surface area contributed by atoms with E-state index in [-0.39, 0.29) is 12.4 Å². The molecule has 0 aliphatic heterocycles. The zero-order valence-electron chi connectivity index (χ0n) is 8.37. The third-order valence-electron chi connectivity index (χ3n) is 1.93. The second-order valence-corrected chi connectivity index (χ2v) is 2.90. The Morgan fingerprint density at radius 1 is 1.60 bits per heavy atom. The molecular weight excluding hydrogens is 197 g/mol. The molecule has 4 heteroatoms. The normalized spacial score (nSPS) is 10.6. The molecule has 0 bridgehead atoms.